The van der Waals surface area contributed by atoms with Gasteiger partial charge in [0.05, 0.1) is 0 Å². The van der Waals surface area contributed by atoms with Gasteiger partial charge in [-0.05, 0) is 31.9 Å². The zero-order valence-electron chi connectivity index (χ0n) is 12.1. The highest BCUT2D eigenvalue weighted by Gasteiger charge is 2.13. The van der Waals surface area contributed by atoms with E-state index in [4.69, 9.17) is 16.7 Å². The molecule has 0 radical (unpaired) electrons. The van der Waals surface area contributed by atoms with Crippen LogP contribution in [0.1, 0.15) is 26.2 Å². The molecule has 0 saturated heterocycles. The van der Waals surface area contributed by atoms with Crippen molar-refractivity contribution < 1.29 is 5.11 Å². The fraction of sp³-hybridized carbons (Fsp3) is 0.467. The number of benzene rings is 1. The number of rotatable bonds is 8. The summed E-state index contributed by atoms with van der Waals surface area (Å²) < 4.78 is 2.11. The molecule has 1 heterocycles. The molecule has 0 aliphatic heterocycles. The summed E-state index contributed by atoms with van der Waals surface area (Å²) in [6, 6.07) is 7.69. The lowest BCUT2D eigenvalue weighted by Gasteiger charge is -2.07. The molecule has 114 valence electrons. The molecular weight excluding hydrogens is 306 g/mol. The molecule has 0 atom stereocenters. The standard InChI is InChI=1S/C15H20ClN3OS/c1-2-19-14(12-7-6-8-13(16)11-12)17-18-15(19)21-10-5-3-4-9-20/h6-8,11,20H,2-5,9-10H2,1H3. The van der Waals surface area contributed by atoms with Crippen molar-refractivity contribution in [2.45, 2.75) is 37.9 Å². The summed E-state index contributed by atoms with van der Waals surface area (Å²) in [5.74, 6) is 1.85. The highest BCUT2D eigenvalue weighted by atomic mass is 35.5. The summed E-state index contributed by atoms with van der Waals surface area (Å²) in [5, 5.41) is 19.0. The van der Waals surface area contributed by atoms with Crippen LogP contribution in [0, 0.1) is 0 Å². The summed E-state index contributed by atoms with van der Waals surface area (Å²) in [7, 11) is 0. The molecule has 0 bridgehead atoms. The molecule has 1 aromatic carbocycles. The molecule has 2 aromatic rings. The molecule has 21 heavy (non-hydrogen) atoms. The third-order valence-electron chi connectivity index (χ3n) is 3.15. The molecule has 0 aliphatic carbocycles. The summed E-state index contributed by atoms with van der Waals surface area (Å²) in [5.41, 5.74) is 0.990. The Hall–Kier alpha value is -1.04. The van der Waals surface area contributed by atoms with Crippen molar-refractivity contribution in [2.24, 2.45) is 0 Å². The highest BCUT2D eigenvalue weighted by Crippen LogP contribution is 2.26. The fourth-order valence-electron chi connectivity index (χ4n) is 2.08. The van der Waals surface area contributed by atoms with Gasteiger partial charge in [-0.1, -0.05) is 41.9 Å². The van der Waals surface area contributed by atoms with Crippen LogP contribution in [0.15, 0.2) is 29.4 Å². The van der Waals surface area contributed by atoms with E-state index in [0.717, 1.165) is 48.1 Å². The Morgan fingerprint density at radius 1 is 1.24 bits per heavy atom. The minimum Gasteiger partial charge on any atom is -0.396 e. The zero-order valence-corrected chi connectivity index (χ0v) is 13.7. The minimum absolute atomic E-state index is 0.273. The molecule has 0 spiro atoms. The van der Waals surface area contributed by atoms with Crippen molar-refractivity contribution in [3.05, 3.63) is 29.3 Å². The van der Waals surface area contributed by atoms with Crippen LogP contribution in [0.4, 0.5) is 0 Å². The molecular formula is C15H20ClN3OS. The van der Waals surface area contributed by atoms with E-state index in [1.165, 1.54) is 0 Å². The lowest BCUT2D eigenvalue weighted by Crippen LogP contribution is -2.00. The second-order valence-electron chi connectivity index (χ2n) is 4.69. The van der Waals surface area contributed by atoms with E-state index in [0.29, 0.717) is 5.02 Å². The molecule has 4 nitrogen and oxygen atoms in total. The molecule has 2 rings (SSSR count). The molecule has 1 N–H and O–H groups in total. The third kappa shape index (κ3) is 4.46. The average molecular weight is 326 g/mol. The van der Waals surface area contributed by atoms with Crippen molar-refractivity contribution in [2.75, 3.05) is 12.4 Å². The Morgan fingerprint density at radius 3 is 2.81 bits per heavy atom. The molecule has 6 heteroatoms. The van der Waals surface area contributed by atoms with Gasteiger partial charge in [-0.25, -0.2) is 0 Å². The lowest BCUT2D eigenvalue weighted by molar-refractivity contribution is 0.284. The molecule has 1 aromatic heterocycles. The normalized spacial score (nSPS) is 11.0. The molecule has 0 saturated carbocycles. The number of hydrogen-bond acceptors (Lipinski definition) is 4. The van der Waals surface area contributed by atoms with Crippen molar-refractivity contribution in [3.63, 3.8) is 0 Å². The van der Waals surface area contributed by atoms with E-state index in [-0.39, 0.29) is 6.61 Å². The van der Waals surface area contributed by atoms with Crippen LogP contribution < -0.4 is 0 Å². The number of aromatic nitrogens is 3. The molecule has 0 aliphatic rings. The van der Waals surface area contributed by atoms with Gasteiger partial charge in [-0.15, -0.1) is 10.2 Å². The maximum Gasteiger partial charge on any atom is 0.191 e. The van der Waals surface area contributed by atoms with Gasteiger partial charge < -0.3 is 9.67 Å². The number of unbranched alkanes of at least 4 members (excludes halogenated alkanes) is 2. The Labute approximate surface area is 134 Å². The van der Waals surface area contributed by atoms with Crippen molar-refractivity contribution in [1.82, 2.24) is 14.8 Å². The maximum absolute atomic E-state index is 8.77. The van der Waals surface area contributed by atoms with Gasteiger partial charge in [0, 0.05) is 29.5 Å². The Morgan fingerprint density at radius 2 is 2.10 bits per heavy atom. The van der Waals surface area contributed by atoms with Crippen molar-refractivity contribution in [1.29, 1.82) is 0 Å². The zero-order chi connectivity index (χ0) is 15.1. The smallest absolute Gasteiger partial charge is 0.191 e. The highest BCUT2D eigenvalue weighted by molar-refractivity contribution is 7.99. The first-order valence-electron chi connectivity index (χ1n) is 7.19. The third-order valence-corrected chi connectivity index (χ3v) is 4.44. The second-order valence-corrected chi connectivity index (χ2v) is 6.19. The van der Waals surface area contributed by atoms with E-state index >= 15 is 0 Å². The maximum atomic E-state index is 8.77. The second kappa shape index (κ2) is 8.41. The van der Waals surface area contributed by atoms with E-state index in [1.807, 2.05) is 24.3 Å². The largest absolute Gasteiger partial charge is 0.396 e. The van der Waals surface area contributed by atoms with Crippen molar-refractivity contribution in [3.8, 4) is 11.4 Å². The van der Waals surface area contributed by atoms with Gasteiger partial charge in [0.2, 0.25) is 0 Å². The topological polar surface area (TPSA) is 50.9 Å². The van der Waals surface area contributed by atoms with E-state index < -0.39 is 0 Å². The Bertz CT molecular complexity index is 574. The first-order valence-corrected chi connectivity index (χ1v) is 8.55. The summed E-state index contributed by atoms with van der Waals surface area (Å²) >= 11 is 7.76. The van der Waals surface area contributed by atoms with Gasteiger partial charge in [0.15, 0.2) is 11.0 Å². The SMILES string of the molecule is CCn1c(SCCCCCO)nnc1-c1cccc(Cl)c1. The van der Waals surface area contributed by atoms with Gasteiger partial charge in [-0.3, -0.25) is 0 Å². The van der Waals surface area contributed by atoms with Crippen LogP contribution in [0.3, 0.4) is 0 Å². The summed E-state index contributed by atoms with van der Waals surface area (Å²) in [6.07, 6.45) is 2.99. The predicted molar refractivity (Wildman–Crippen MR) is 87.8 cm³/mol. The first kappa shape index (κ1) is 16.3. The van der Waals surface area contributed by atoms with Crippen LogP contribution in [0.2, 0.25) is 5.02 Å². The number of nitrogens with zero attached hydrogens (tertiary/aromatic N) is 3. The van der Waals surface area contributed by atoms with Gasteiger partial charge in [0.1, 0.15) is 0 Å². The molecule has 0 fully saturated rings. The van der Waals surface area contributed by atoms with Crippen LogP contribution in [-0.4, -0.2) is 32.2 Å². The van der Waals surface area contributed by atoms with Gasteiger partial charge >= 0.3 is 0 Å². The van der Waals surface area contributed by atoms with Crippen LogP contribution in [-0.2, 0) is 6.54 Å². The predicted octanol–water partition coefficient (Wildman–Crippen LogP) is 3.87. The number of halogens is 1. The quantitative estimate of drug-likeness (QED) is 0.591. The minimum atomic E-state index is 0.273. The van der Waals surface area contributed by atoms with Crippen LogP contribution in [0.25, 0.3) is 11.4 Å². The number of aliphatic hydroxyl groups excluding tert-OH is 1. The van der Waals surface area contributed by atoms with Crippen molar-refractivity contribution >= 4 is 23.4 Å². The van der Waals surface area contributed by atoms with Gasteiger partial charge in [-0.2, -0.15) is 0 Å². The number of hydrogen-bond donors (Lipinski definition) is 1. The average Bonchev–Trinajstić information content (AvgIpc) is 2.90. The lowest BCUT2D eigenvalue weighted by atomic mass is 10.2. The molecule has 0 unspecified atom stereocenters. The van der Waals surface area contributed by atoms with E-state index in [1.54, 1.807) is 11.8 Å². The monoisotopic (exact) mass is 325 g/mol. The Balaban J connectivity index is 2.07. The molecule has 0 amide bonds. The summed E-state index contributed by atoms with van der Waals surface area (Å²) in [6.45, 7) is 3.19. The summed E-state index contributed by atoms with van der Waals surface area (Å²) in [4.78, 5) is 0. The van der Waals surface area contributed by atoms with Crippen LogP contribution >= 0.6 is 23.4 Å². The van der Waals surface area contributed by atoms with Gasteiger partial charge in [0.25, 0.3) is 0 Å². The number of thioether (sulfide) groups is 1. The number of aliphatic hydroxyl groups is 1. The van der Waals surface area contributed by atoms with E-state index in [2.05, 4.69) is 21.7 Å². The first-order chi connectivity index (χ1) is 10.3. The Kier molecular flexibility index (Phi) is 6.54. The van der Waals surface area contributed by atoms with E-state index in [9.17, 15) is 0 Å². The van der Waals surface area contributed by atoms with Crippen LogP contribution in [0.5, 0.6) is 0 Å². The fourth-order valence-corrected chi connectivity index (χ4v) is 3.27.